The number of aryl methyl sites for hydroxylation is 1. The van der Waals surface area contributed by atoms with Crippen molar-refractivity contribution in [1.82, 2.24) is 0 Å². The third-order valence-electron chi connectivity index (χ3n) is 5.03. The van der Waals surface area contributed by atoms with E-state index < -0.39 is 5.97 Å². The summed E-state index contributed by atoms with van der Waals surface area (Å²) in [6.45, 7) is 1.90. The molecule has 0 bridgehead atoms. The molecule has 1 aromatic carbocycles. The molecule has 1 aromatic rings. The average Bonchev–Trinajstić information content (AvgIpc) is 2.61. The fourth-order valence-corrected chi connectivity index (χ4v) is 3.48. The van der Waals surface area contributed by atoms with Gasteiger partial charge in [-0.15, -0.1) is 0 Å². The Morgan fingerprint density at radius 1 is 0.958 bits per heavy atom. The fourth-order valence-electron chi connectivity index (χ4n) is 3.48. The maximum atomic E-state index is 10.8. The number of rotatable bonds is 11. The van der Waals surface area contributed by atoms with Gasteiger partial charge in [-0.3, -0.25) is 0 Å². The molecule has 1 aliphatic carbocycles. The minimum atomic E-state index is -0.854. The van der Waals surface area contributed by atoms with Gasteiger partial charge in [0, 0.05) is 13.2 Å². The first-order valence-electron chi connectivity index (χ1n) is 9.65. The van der Waals surface area contributed by atoms with Crippen LogP contribution in [0.5, 0.6) is 0 Å². The second kappa shape index (κ2) is 11.2. The molecular weight excluding hydrogens is 300 g/mol. The van der Waals surface area contributed by atoms with Crippen LogP contribution < -0.4 is 0 Å². The van der Waals surface area contributed by atoms with E-state index in [2.05, 4.69) is 0 Å². The van der Waals surface area contributed by atoms with E-state index in [1.807, 2.05) is 12.1 Å². The first kappa shape index (κ1) is 19.0. The molecule has 1 fully saturated rings. The molecule has 2 rings (SSSR count). The van der Waals surface area contributed by atoms with Crippen molar-refractivity contribution < 1.29 is 14.6 Å². The Hall–Kier alpha value is -1.35. The number of hydrogen-bond acceptors (Lipinski definition) is 2. The van der Waals surface area contributed by atoms with Crippen LogP contribution in [-0.2, 0) is 11.2 Å². The molecule has 24 heavy (non-hydrogen) atoms. The molecule has 0 atom stereocenters. The SMILES string of the molecule is O=C(O)c1ccc(CCCCCCCOCC2CCCCC2)cc1. The van der Waals surface area contributed by atoms with Gasteiger partial charge in [0.1, 0.15) is 0 Å². The lowest BCUT2D eigenvalue weighted by Crippen LogP contribution is -2.13. The minimum absolute atomic E-state index is 0.368. The zero-order chi connectivity index (χ0) is 17.0. The Morgan fingerprint density at radius 2 is 1.62 bits per heavy atom. The number of aromatic carboxylic acids is 1. The molecule has 0 spiro atoms. The van der Waals surface area contributed by atoms with Crippen molar-refractivity contribution in [3.63, 3.8) is 0 Å². The van der Waals surface area contributed by atoms with E-state index in [1.165, 1.54) is 69.8 Å². The van der Waals surface area contributed by atoms with E-state index in [0.717, 1.165) is 25.6 Å². The second-order valence-electron chi connectivity index (χ2n) is 7.10. The molecule has 3 nitrogen and oxygen atoms in total. The van der Waals surface area contributed by atoms with Crippen LogP contribution >= 0.6 is 0 Å². The van der Waals surface area contributed by atoms with E-state index in [9.17, 15) is 4.79 Å². The third kappa shape index (κ3) is 7.48. The molecule has 0 saturated heterocycles. The van der Waals surface area contributed by atoms with Crippen molar-refractivity contribution in [2.24, 2.45) is 5.92 Å². The largest absolute Gasteiger partial charge is 0.478 e. The van der Waals surface area contributed by atoms with Gasteiger partial charge in [-0.1, -0.05) is 50.7 Å². The van der Waals surface area contributed by atoms with Crippen LogP contribution in [0.3, 0.4) is 0 Å². The summed E-state index contributed by atoms with van der Waals surface area (Å²) in [5.74, 6) is -0.0291. The van der Waals surface area contributed by atoms with Gasteiger partial charge in [-0.2, -0.15) is 0 Å². The Bertz CT molecular complexity index is 460. The Labute approximate surface area is 146 Å². The summed E-state index contributed by atoms with van der Waals surface area (Å²) < 4.78 is 5.83. The summed E-state index contributed by atoms with van der Waals surface area (Å²) in [4.78, 5) is 10.8. The summed E-state index contributed by atoms with van der Waals surface area (Å²) >= 11 is 0. The number of carboxylic acids is 1. The quantitative estimate of drug-likeness (QED) is 0.546. The Kier molecular flexibility index (Phi) is 8.90. The third-order valence-corrected chi connectivity index (χ3v) is 5.03. The highest BCUT2D eigenvalue weighted by Crippen LogP contribution is 2.23. The van der Waals surface area contributed by atoms with E-state index in [-0.39, 0.29) is 0 Å². The molecule has 134 valence electrons. The average molecular weight is 332 g/mol. The molecular formula is C21H32O3. The van der Waals surface area contributed by atoms with E-state index in [0.29, 0.717) is 5.56 Å². The number of benzene rings is 1. The number of hydrogen-bond donors (Lipinski definition) is 1. The molecule has 0 unspecified atom stereocenters. The standard InChI is InChI=1S/C21H32O3/c22-21(23)20-14-12-18(13-15-20)9-5-2-1-3-8-16-24-17-19-10-6-4-7-11-19/h12-15,19H,1-11,16-17H2,(H,22,23). The van der Waals surface area contributed by atoms with Crippen LogP contribution in [0.2, 0.25) is 0 Å². The lowest BCUT2D eigenvalue weighted by atomic mass is 9.90. The normalized spacial score (nSPS) is 15.5. The maximum Gasteiger partial charge on any atom is 0.335 e. The number of carbonyl (C=O) groups is 1. The molecule has 0 radical (unpaired) electrons. The monoisotopic (exact) mass is 332 g/mol. The van der Waals surface area contributed by atoms with Gasteiger partial charge >= 0.3 is 5.97 Å². The van der Waals surface area contributed by atoms with E-state index in [1.54, 1.807) is 12.1 Å². The number of unbranched alkanes of at least 4 members (excludes halogenated alkanes) is 4. The topological polar surface area (TPSA) is 46.5 Å². The summed E-state index contributed by atoms with van der Waals surface area (Å²) in [6, 6.07) is 7.26. The minimum Gasteiger partial charge on any atom is -0.478 e. The van der Waals surface area contributed by atoms with Crippen molar-refractivity contribution in [2.45, 2.75) is 70.6 Å². The highest BCUT2D eigenvalue weighted by atomic mass is 16.5. The molecule has 0 aromatic heterocycles. The van der Waals surface area contributed by atoms with Gasteiger partial charge in [0.2, 0.25) is 0 Å². The highest BCUT2D eigenvalue weighted by Gasteiger charge is 2.12. The number of carboxylic acid groups (broad SMARTS) is 1. The predicted molar refractivity (Wildman–Crippen MR) is 97.6 cm³/mol. The van der Waals surface area contributed by atoms with Crippen LogP contribution in [0.1, 0.15) is 80.1 Å². The molecule has 0 heterocycles. The van der Waals surface area contributed by atoms with Crippen molar-refractivity contribution in [2.75, 3.05) is 13.2 Å². The number of ether oxygens (including phenoxy) is 1. The van der Waals surface area contributed by atoms with Crippen molar-refractivity contribution in [1.29, 1.82) is 0 Å². The molecule has 3 heteroatoms. The van der Waals surface area contributed by atoms with Gasteiger partial charge in [-0.25, -0.2) is 4.79 Å². The summed E-state index contributed by atoms with van der Waals surface area (Å²) in [5, 5.41) is 8.87. The van der Waals surface area contributed by atoms with Crippen LogP contribution in [0.4, 0.5) is 0 Å². The van der Waals surface area contributed by atoms with Crippen LogP contribution in [-0.4, -0.2) is 24.3 Å². The zero-order valence-electron chi connectivity index (χ0n) is 14.8. The summed E-state index contributed by atoms with van der Waals surface area (Å²) in [5.41, 5.74) is 1.60. The summed E-state index contributed by atoms with van der Waals surface area (Å²) in [7, 11) is 0. The smallest absolute Gasteiger partial charge is 0.335 e. The van der Waals surface area contributed by atoms with Gasteiger partial charge in [0.05, 0.1) is 5.56 Å². The van der Waals surface area contributed by atoms with Crippen LogP contribution in [0.15, 0.2) is 24.3 Å². The molecule has 1 aliphatic rings. The van der Waals surface area contributed by atoms with Crippen molar-refractivity contribution in [3.8, 4) is 0 Å². The lowest BCUT2D eigenvalue weighted by Gasteiger charge is -2.21. The first-order valence-corrected chi connectivity index (χ1v) is 9.65. The Morgan fingerprint density at radius 3 is 2.33 bits per heavy atom. The molecule has 1 saturated carbocycles. The van der Waals surface area contributed by atoms with Gasteiger partial charge < -0.3 is 9.84 Å². The van der Waals surface area contributed by atoms with Crippen LogP contribution in [0, 0.1) is 5.92 Å². The second-order valence-corrected chi connectivity index (χ2v) is 7.10. The van der Waals surface area contributed by atoms with E-state index in [4.69, 9.17) is 9.84 Å². The van der Waals surface area contributed by atoms with E-state index >= 15 is 0 Å². The van der Waals surface area contributed by atoms with Gasteiger partial charge in [0.15, 0.2) is 0 Å². The summed E-state index contributed by atoms with van der Waals surface area (Å²) in [6.07, 6.45) is 14.1. The first-order chi connectivity index (χ1) is 11.8. The maximum absolute atomic E-state index is 10.8. The zero-order valence-corrected chi connectivity index (χ0v) is 14.8. The highest BCUT2D eigenvalue weighted by molar-refractivity contribution is 5.87. The molecule has 0 aliphatic heterocycles. The van der Waals surface area contributed by atoms with Crippen molar-refractivity contribution in [3.05, 3.63) is 35.4 Å². The lowest BCUT2D eigenvalue weighted by molar-refractivity contribution is 0.0697. The van der Waals surface area contributed by atoms with Gasteiger partial charge in [0.25, 0.3) is 0 Å². The van der Waals surface area contributed by atoms with Gasteiger partial charge in [-0.05, 0) is 55.7 Å². The molecule has 0 amide bonds. The molecule has 1 N–H and O–H groups in total. The Balaban J connectivity index is 1.41. The fraction of sp³-hybridized carbons (Fsp3) is 0.667. The van der Waals surface area contributed by atoms with Crippen LogP contribution in [0.25, 0.3) is 0 Å². The van der Waals surface area contributed by atoms with Crippen molar-refractivity contribution >= 4 is 5.97 Å². The predicted octanol–water partition coefficient (Wildman–Crippen LogP) is 5.47.